The van der Waals surface area contributed by atoms with Crippen LogP contribution in [0.3, 0.4) is 0 Å². The van der Waals surface area contributed by atoms with Gasteiger partial charge in [-0.1, -0.05) is 17.3 Å². The highest BCUT2D eigenvalue weighted by Crippen LogP contribution is 2.04. The lowest BCUT2D eigenvalue weighted by molar-refractivity contribution is -0.141. The summed E-state index contributed by atoms with van der Waals surface area (Å²) in [6.45, 7) is 0.0794. The molecule has 2 aromatic rings. The molecule has 0 aliphatic carbocycles. The summed E-state index contributed by atoms with van der Waals surface area (Å²) in [4.78, 5) is 33.8. The standard InChI is InChI=1S/C14H14N4O5/c1-23-12(19)8-18-7-11(16-17-18)13(20)15-6-9-2-4-10(5-3-9)14(21)22/h2-5,7H,6,8H2,1H3,(H,15,20)(H,21,22). The minimum Gasteiger partial charge on any atom is -0.478 e. The third-order valence-electron chi connectivity index (χ3n) is 2.94. The van der Waals surface area contributed by atoms with Gasteiger partial charge in [-0.25, -0.2) is 9.48 Å². The maximum atomic E-state index is 11.9. The number of hydrogen-bond acceptors (Lipinski definition) is 6. The quantitative estimate of drug-likeness (QED) is 0.723. The number of carbonyl (C=O) groups is 3. The van der Waals surface area contributed by atoms with E-state index < -0.39 is 17.8 Å². The van der Waals surface area contributed by atoms with Crippen LogP contribution in [0.4, 0.5) is 0 Å². The van der Waals surface area contributed by atoms with Crippen molar-refractivity contribution in [3.05, 3.63) is 47.3 Å². The van der Waals surface area contributed by atoms with Crippen LogP contribution < -0.4 is 5.32 Å². The number of carboxylic acids is 1. The molecule has 0 aliphatic heterocycles. The van der Waals surface area contributed by atoms with Crippen LogP contribution in [-0.4, -0.2) is 45.1 Å². The van der Waals surface area contributed by atoms with E-state index in [0.717, 1.165) is 5.56 Å². The molecule has 0 aliphatic rings. The Labute approximate surface area is 130 Å². The molecule has 1 amide bonds. The third kappa shape index (κ3) is 4.37. The first-order chi connectivity index (χ1) is 11.0. The average Bonchev–Trinajstić information content (AvgIpc) is 3.01. The van der Waals surface area contributed by atoms with Crippen LogP contribution >= 0.6 is 0 Å². The number of benzene rings is 1. The fraction of sp³-hybridized carbons (Fsp3) is 0.214. The van der Waals surface area contributed by atoms with E-state index in [0.29, 0.717) is 0 Å². The number of rotatable bonds is 6. The highest BCUT2D eigenvalue weighted by molar-refractivity contribution is 5.92. The van der Waals surface area contributed by atoms with Gasteiger partial charge in [0.2, 0.25) is 0 Å². The van der Waals surface area contributed by atoms with E-state index in [1.807, 2.05) is 0 Å². The number of aromatic nitrogens is 3. The average molecular weight is 318 g/mol. The molecular weight excluding hydrogens is 304 g/mol. The van der Waals surface area contributed by atoms with Gasteiger partial charge in [0.1, 0.15) is 6.54 Å². The number of ether oxygens (including phenoxy) is 1. The predicted octanol–water partition coefficient (Wildman–Crippen LogP) is 0.0793. The van der Waals surface area contributed by atoms with Crippen molar-refractivity contribution < 1.29 is 24.2 Å². The van der Waals surface area contributed by atoms with E-state index in [9.17, 15) is 14.4 Å². The maximum absolute atomic E-state index is 11.9. The first-order valence-electron chi connectivity index (χ1n) is 6.57. The molecule has 0 saturated carbocycles. The highest BCUT2D eigenvalue weighted by Gasteiger charge is 2.12. The lowest BCUT2D eigenvalue weighted by Gasteiger charge is -2.03. The molecule has 1 aromatic heterocycles. The molecule has 23 heavy (non-hydrogen) atoms. The van der Waals surface area contributed by atoms with Gasteiger partial charge in [0.25, 0.3) is 5.91 Å². The van der Waals surface area contributed by atoms with Crippen LogP contribution in [-0.2, 0) is 22.6 Å². The second-order valence-corrected chi connectivity index (χ2v) is 4.56. The number of carbonyl (C=O) groups excluding carboxylic acids is 2. The number of carboxylic acid groups (broad SMARTS) is 1. The van der Waals surface area contributed by atoms with Gasteiger partial charge in [0.15, 0.2) is 5.69 Å². The molecular formula is C14H14N4O5. The first-order valence-corrected chi connectivity index (χ1v) is 6.57. The number of methoxy groups -OCH3 is 1. The second kappa shape index (κ2) is 7.16. The van der Waals surface area contributed by atoms with Gasteiger partial charge in [-0.3, -0.25) is 9.59 Å². The van der Waals surface area contributed by atoms with E-state index in [1.54, 1.807) is 12.1 Å². The fourth-order valence-corrected chi connectivity index (χ4v) is 1.71. The molecule has 0 radical (unpaired) electrons. The molecule has 0 fully saturated rings. The molecule has 0 atom stereocenters. The van der Waals surface area contributed by atoms with Crippen LogP contribution in [0.15, 0.2) is 30.5 Å². The largest absolute Gasteiger partial charge is 0.478 e. The van der Waals surface area contributed by atoms with Gasteiger partial charge < -0.3 is 15.2 Å². The normalized spacial score (nSPS) is 10.1. The van der Waals surface area contributed by atoms with Crippen LogP contribution in [0.2, 0.25) is 0 Å². The monoisotopic (exact) mass is 318 g/mol. The van der Waals surface area contributed by atoms with Gasteiger partial charge in [-0.05, 0) is 17.7 Å². The predicted molar refractivity (Wildman–Crippen MR) is 76.6 cm³/mol. The molecule has 1 heterocycles. The van der Waals surface area contributed by atoms with Crippen molar-refractivity contribution in [2.45, 2.75) is 13.1 Å². The minimum atomic E-state index is -1.01. The zero-order chi connectivity index (χ0) is 16.8. The molecule has 0 bridgehead atoms. The molecule has 2 rings (SSSR count). The van der Waals surface area contributed by atoms with Crippen molar-refractivity contribution in [1.82, 2.24) is 20.3 Å². The van der Waals surface area contributed by atoms with Gasteiger partial charge >= 0.3 is 11.9 Å². The summed E-state index contributed by atoms with van der Waals surface area (Å²) in [7, 11) is 1.25. The third-order valence-corrected chi connectivity index (χ3v) is 2.94. The van der Waals surface area contributed by atoms with Gasteiger partial charge in [0.05, 0.1) is 18.9 Å². The van der Waals surface area contributed by atoms with Crippen molar-refractivity contribution >= 4 is 17.8 Å². The topological polar surface area (TPSA) is 123 Å². The summed E-state index contributed by atoms with van der Waals surface area (Å²) in [5.41, 5.74) is 0.979. The number of hydrogen-bond donors (Lipinski definition) is 2. The SMILES string of the molecule is COC(=O)Cn1cc(C(=O)NCc2ccc(C(=O)O)cc2)nn1. The van der Waals surface area contributed by atoms with Crippen molar-refractivity contribution in [1.29, 1.82) is 0 Å². The molecule has 2 N–H and O–H groups in total. The Hall–Kier alpha value is -3.23. The Morgan fingerprint density at radius 2 is 1.96 bits per heavy atom. The molecule has 9 nitrogen and oxygen atoms in total. The molecule has 120 valence electrons. The summed E-state index contributed by atoms with van der Waals surface area (Å²) in [5, 5.41) is 18.8. The Morgan fingerprint density at radius 1 is 1.26 bits per heavy atom. The molecule has 1 aromatic carbocycles. The summed E-state index contributed by atoms with van der Waals surface area (Å²) in [5.74, 6) is -1.97. The van der Waals surface area contributed by atoms with Gasteiger partial charge in [-0.2, -0.15) is 0 Å². The van der Waals surface area contributed by atoms with E-state index in [1.165, 1.54) is 30.1 Å². The summed E-state index contributed by atoms with van der Waals surface area (Å²) >= 11 is 0. The van der Waals surface area contributed by atoms with Crippen molar-refractivity contribution in [2.24, 2.45) is 0 Å². The zero-order valence-electron chi connectivity index (χ0n) is 12.2. The maximum Gasteiger partial charge on any atom is 0.335 e. The van der Waals surface area contributed by atoms with E-state index in [-0.39, 0.29) is 24.3 Å². The number of nitrogens with zero attached hydrogens (tertiary/aromatic N) is 3. The van der Waals surface area contributed by atoms with Crippen LogP contribution in [0, 0.1) is 0 Å². The van der Waals surface area contributed by atoms with Crippen molar-refractivity contribution in [3.63, 3.8) is 0 Å². The smallest absolute Gasteiger partial charge is 0.335 e. The van der Waals surface area contributed by atoms with Crippen LogP contribution in [0.25, 0.3) is 0 Å². The van der Waals surface area contributed by atoms with Gasteiger partial charge in [-0.15, -0.1) is 5.10 Å². The first kappa shape index (κ1) is 16.1. The van der Waals surface area contributed by atoms with E-state index >= 15 is 0 Å². The molecule has 0 unspecified atom stereocenters. The van der Waals surface area contributed by atoms with Gasteiger partial charge in [0, 0.05) is 6.54 Å². The summed E-state index contributed by atoms with van der Waals surface area (Å²) in [6, 6.07) is 6.13. The highest BCUT2D eigenvalue weighted by atomic mass is 16.5. The Kier molecular flexibility index (Phi) is 5.03. The van der Waals surface area contributed by atoms with E-state index in [4.69, 9.17) is 5.11 Å². The van der Waals surface area contributed by atoms with Crippen molar-refractivity contribution in [3.8, 4) is 0 Å². The molecule has 0 spiro atoms. The zero-order valence-corrected chi connectivity index (χ0v) is 12.2. The Bertz CT molecular complexity index is 723. The lowest BCUT2D eigenvalue weighted by Crippen LogP contribution is -2.23. The number of nitrogens with one attached hydrogen (secondary N) is 1. The van der Waals surface area contributed by atoms with Crippen LogP contribution in [0.5, 0.6) is 0 Å². The molecule has 0 saturated heterocycles. The molecule has 9 heteroatoms. The summed E-state index contributed by atoms with van der Waals surface area (Å²) < 4.78 is 5.68. The van der Waals surface area contributed by atoms with Crippen LogP contribution in [0.1, 0.15) is 26.4 Å². The van der Waals surface area contributed by atoms with E-state index in [2.05, 4.69) is 20.4 Å². The minimum absolute atomic E-state index is 0.0658. The Morgan fingerprint density at radius 3 is 2.57 bits per heavy atom. The Balaban J connectivity index is 1.91. The van der Waals surface area contributed by atoms with Crippen molar-refractivity contribution in [2.75, 3.05) is 7.11 Å². The summed E-state index contributed by atoms with van der Waals surface area (Å²) in [6.07, 6.45) is 1.33. The fourth-order valence-electron chi connectivity index (χ4n) is 1.71. The lowest BCUT2D eigenvalue weighted by atomic mass is 10.1. The number of aromatic carboxylic acids is 1. The second-order valence-electron chi connectivity index (χ2n) is 4.56. The number of amides is 1. The number of esters is 1.